The van der Waals surface area contributed by atoms with Crippen LogP contribution in [0.3, 0.4) is 0 Å². The Morgan fingerprint density at radius 1 is 0.903 bits per heavy atom. The van der Waals surface area contributed by atoms with Crippen LogP contribution in [0.4, 0.5) is 5.69 Å². The molecule has 0 saturated carbocycles. The van der Waals surface area contributed by atoms with E-state index in [4.69, 9.17) is 11.6 Å². The molecule has 0 unspecified atom stereocenters. The lowest BCUT2D eigenvalue weighted by Gasteiger charge is -2.12. The van der Waals surface area contributed by atoms with Crippen LogP contribution in [0.25, 0.3) is 5.69 Å². The number of para-hydroxylation sites is 2. The fourth-order valence-corrected chi connectivity index (χ4v) is 3.28. The van der Waals surface area contributed by atoms with Crippen molar-refractivity contribution in [3.8, 4) is 5.69 Å². The molecule has 0 atom stereocenters. The Balaban J connectivity index is 1.85. The molecule has 0 aliphatic heterocycles. The molecular weight excluding hydrogens is 416 g/mol. The van der Waals surface area contributed by atoms with Crippen LogP contribution in [0.1, 0.15) is 16.1 Å². The summed E-state index contributed by atoms with van der Waals surface area (Å²) in [6.07, 6.45) is 0. The first-order valence-corrected chi connectivity index (χ1v) is 9.81. The maximum absolute atomic E-state index is 13.1. The summed E-state index contributed by atoms with van der Waals surface area (Å²) < 4.78 is 2.03. The van der Waals surface area contributed by atoms with Crippen LogP contribution in [0.5, 0.6) is 0 Å². The first-order chi connectivity index (χ1) is 15.0. The number of nitrogens with one attached hydrogen (secondary N) is 1. The second kappa shape index (κ2) is 8.81. The zero-order valence-corrected chi connectivity index (χ0v) is 17.0. The number of benzene rings is 3. The lowest BCUT2D eigenvalue weighted by Crippen LogP contribution is -2.45. The Morgan fingerprint density at radius 3 is 2.26 bits per heavy atom. The molecule has 7 nitrogen and oxygen atoms in total. The molecule has 0 aliphatic carbocycles. The van der Waals surface area contributed by atoms with Crippen molar-refractivity contribution in [2.24, 2.45) is 0 Å². The summed E-state index contributed by atoms with van der Waals surface area (Å²) in [5, 5.41) is 7.21. The van der Waals surface area contributed by atoms with E-state index in [9.17, 15) is 14.4 Å². The van der Waals surface area contributed by atoms with Crippen molar-refractivity contribution in [2.75, 3.05) is 5.32 Å². The van der Waals surface area contributed by atoms with E-state index in [1.54, 1.807) is 78.9 Å². The topological polar surface area (TPSA) is 86.0 Å². The van der Waals surface area contributed by atoms with Gasteiger partial charge in [0.25, 0.3) is 11.5 Å². The van der Waals surface area contributed by atoms with Gasteiger partial charge in [-0.2, -0.15) is 9.78 Å². The Kier molecular flexibility index (Phi) is 5.77. The highest BCUT2D eigenvalue weighted by molar-refractivity contribution is 6.30. The summed E-state index contributed by atoms with van der Waals surface area (Å²) >= 11 is 6.04. The highest BCUT2D eigenvalue weighted by Crippen LogP contribution is 2.11. The van der Waals surface area contributed by atoms with E-state index in [0.717, 1.165) is 9.25 Å². The van der Waals surface area contributed by atoms with E-state index in [2.05, 4.69) is 10.4 Å². The summed E-state index contributed by atoms with van der Waals surface area (Å²) in [6.45, 7) is -0.0564. The molecule has 0 bridgehead atoms. The molecule has 0 saturated heterocycles. The fraction of sp³-hybridized carbons (Fsp3) is 0.0435. The summed E-state index contributed by atoms with van der Waals surface area (Å²) in [4.78, 5) is 39.1. The average molecular weight is 433 g/mol. The number of anilines is 1. The van der Waals surface area contributed by atoms with Gasteiger partial charge in [0.15, 0.2) is 0 Å². The molecule has 4 rings (SSSR count). The molecule has 0 spiro atoms. The zero-order chi connectivity index (χ0) is 21.8. The average Bonchev–Trinajstić information content (AvgIpc) is 2.78. The number of nitrogens with zero attached hydrogens (tertiary/aromatic N) is 3. The van der Waals surface area contributed by atoms with Crippen LogP contribution >= 0.6 is 11.6 Å². The van der Waals surface area contributed by atoms with E-state index >= 15 is 0 Å². The second-order valence-corrected chi connectivity index (χ2v) is 7.16. The van der Waals surface area contributed by atoms with Crippen molar-refractivity contribution in [1.82, 2.24) is 14.3 Å². The van der Waals surface area contributed by atoms with Gasteiger partial charge in [-0.25, -0.2) is 4.79 Å². The third-order valence-electron chi connectivity index (χ3n) is 4.54. The molecular formula is C23H17ClN4O3. The molecule has 0 radical (unpaired) electrons. The number of rotatable bonds is 5. The molecule has 8 heteroatoms. The van der Waals surface area contributed by atoms with Crippen molar-refractivity contribution in [1.29, 1.82) is 0 Å². The van der Waals surface area contributed by atoms with Crippen LogP contribution in [-0.4, -0.2) is 20.3 Å². The SMILES string of the molecule is O=C(Nc1ccccc1)c1nn(-c2ccccc2)c(=O)n(Cc2cccc(Cl)c2)c1=O. The van der Waals surface area contributed by atoms with E-state index in [0.29, 0.717) is 22.0 Å². The highest BCUT2D eigenvalue weighted by atomic mass is 35.5. The second-order valence-electron chi connectivity index (χ2n) is 6.72. The van der Waals surface area contributed by atoms with Crippen molar-refractivity contribution < 1.29 is 4.79 Å². The minimum atomic E-state index is -0.786. The highest BCUT2D eigenvalue weighted by Gasteiger charge is 2.20. The van der Waals surface area contributed by atoms with Gasteiger partial charge in [0.2, 0.25) is 5.69 Å². The van der Waals surface area contributed by atoms with Gasteiger partial charge in [-0.15, -0.1) is 0 Å². The first kappa shape index (κ1) is 20.3. The maximum Gasteiger partial charge on any atom is 0.352 e. The molecule has 1 heterocycles. The summed E-state index contributed by atoms with van der Waals surface area (Å²) in [5.74, 6) is -0.708. The molecule has 154 valence electrons. The van der Waals surface area contributed by atoms with Crippen molar-refractivity contribution in [3.63, 3.8) is 0 Å². The van der Waals surface area contributed by atoms with Crippen LogP contribution in [0, 0.1) is 0 Å². The lowest BCUT2D eigenvalue weighted by molar-refractivity contribution is 0.101. The van der Waals surface area contributed by atoms with E-state index in [1.165, 1.54) is 0 Å². The predicted molar refractivity (Wildman–Crippen MR) is 119 cm³/mol. The number of hydrogen-bond donors (Lipinski definition) is 1. The van der Waals surface area contributed by atoms with Gasteiger partial charge in [-0.05, 0) is 42.0 Å². The molecule has 3 aromatic carbocycles. The molecule has 0 fully saturated rings. The van der Waals surface area contributed by atoms with E-state index in [1.807, 2.05) is 6.07 Å². The zero-order valence-electron chi connectivity index (χ0n) is 16.2. The fourth-order valence-electron chi connectivity index (χ4n) is 3.06. The smallest absolute Gasteiger partial charge is 0.320 e. The Morgan fingerprint density at radius 2 is 1.58 bits per heavy atom. The van der Waals surface area contributed by atoms with Crippen molar-refractivity contribution in [2.45, 2.75) is 6.54 Å². The maximum atomic E-state index is 13.1. The van der Waals surface area contributed by atoms with Gasteiger partial charge in [0.05, 0.1) is 12.2 Å². The van der Waals surface area contributed by atoms with Crippen LogP contribution < -0.4 is 16.6 Å². The number of carbonyl (C=O) groups excluding carboxylic acids is 1. The minimum Gasteiger partial charge on any atom is -0.320 e. The van der Waals surface area contributed by atoms with Gasteiger partial charge in [-0.1, -0.05) is 60.1 Å². The van der Waals surface area contributed by atoms with Gasteiger partial charge in [0, 0.05) is 10.7 Å². The van der Waals surface area contributed by atoms with Gasteiger partial charge in [-0.3, -0.25) is 14.2 Å². The molecule has 1 amide bonds. The van der Waals surface area contributed by atoms with Crippen LogP contribution in [0.15, 0.2) is 94.5 Å². The lowest BCUT2D eigenvalue weighted by atomic mass is 10.2. The summed E-state index contributed by atoms with van der Waals surface area (Å²) in [5.41, 5.74) is -0.257. The standard InChI is InChI=1S/C23H17ClN4O3/c24-17-9-7-8-16(14-17)15-27-22(30)20(21(29)25-18-10-3-1-4-11-18)26-28(23(27)31)19-12-5-2-6-13-19/h1-14H,15H2,(H,25,29). The Labute approximate surface area is 182 Å². The quantitative estimate of drug-likeness (QED) is 0.524. The number of aromatic nitrogens is 3. The van der Waals surface area contributed by atoms with Crippen LogP contribution in [0.2, 0.25) is 5.02 Å². The van der Waals surface area contributed by atoms with Gasteiger partial charge < -0.3 is 5.32 Å². The third kappa shape index (κ3) is 4.46. The van der Waals surface area contributed by atoms with Crippen molar-refractivity contribution >= 4 is 23.2 Å². The monoisotopic (exact) mass is 432 g/mol. The number of hydrogen-bond acceptors (Lipinski definition) is 4. The normalized spacial score (nSPS) is 10.6. The molecule has 31 heavy (non-hydrogen) atoms. The Hall–Kier alpha value is -3.97. The number of carbonyl (C=O) groups is 1. The molecule has 0 aliphatic rings. The Bertz CT molecular complexity index is 1350. The molecule has 1 aromatic heterocycles. The van der Waals surface area contributed by atoms with E-state index < -0.39 is 22.9 Å². The first-order valence-electron chi connectivity index (χ1n) is 9.43. The van der Waals surface area contributed by atoms with Crippen molar-refractivity contribution in [3.05, 3.63) is 122 Å². The molecule has 4 aromatic rings. The van der Waals surface area contributed by atoms with Gasteiger partial charge in [0.1, 0.15) is 0 Å². The number of halogens is 1. The summed E-state index contributed by atoms with van der Waals surface area (Å²) in [6, 6.07) is 24.1. The largest absolute Gasteiger partial charge is 0.352 e. The van der Waals surface area contributed by atoms with Crippen LogP contribution in [-0.2, 0) is 6.54 Å². The summed E-state index contributed by atoms with van der Waals surface area (Å²) in [7, 11) is 0. The third-order valence-corrected chi connectivity index (χ3v) is 4.77. The minimum absolute atomic E-state index is 0.0564. The molecule has 1 N–H and O–H groups in total. The predicted octanol–water partition coefficient (Wildman–Crippen LogP) is 3.35. The van der Waals surface area contributed by atoms with Gasteiger partial charge >= 0.3 is 5.69 Å². The number of amides is 1. The van der Waals surface area contributed by atoms with E-state index in [-0.39, 0.29) is 6.54 Å².